The van der Waals surface area contributed by atoms with Crippen LogP contribution in [0.2, 0.25) is 18.1 Å². The van der Waals surface area contributed by atoms with E-state index < -0.39 is 8.32 Å². The fraction of sp³-hybridized carbons (Fsp3) is 0.933. The van der Waals surface area contributed by atoms with E-state index in [2.05, 4.69) is 47.7 Å². The van der Waals surface area contributed by atoms with Gasteiger partial charge in [-0.1, -0.05) is 60.3 Å². The first kappa shape index (κ1) is 17.2. The summed E-state index contributed by atoms with van der Waals surface area (Å²) >= 11 is 0. The van der Waals surface area contributed by atoms with Crippen LogP contribution in [0.3, 0.4) is 0 Å². The smallest absolute Gasteiger partial charge is 0.192 e. The quantitative estimate of drug-likeness (QED) is 0.408. The second kappa shape index (κ2) is 7.58. The van der Waals surface area contributed by atoms with Crippen LogP contribution in [-0.2, 0) is 4.43 Å². The second-order valence-corrected chi connectivity index (χ2v) is 11.4. The Kier molecular flexibility index (Phi) is 7.66. The molecule has 0 rings (SSSR count). The molecule has 2 heteroatoms. The summed E-state index contributed by atoms with van der Waals surface area (Å²) in [6.45, 7) is 17.8. The Balaban J connectivity index is 4.12. The predicted octanol–water partition coefficient (Wildman–Crippen LogP) is 5.57. The van der Waals surface area contributed by atoms with E-state index in [1.807, 2.05) is 0 Å². The van der Waals surface area contributed by atoms with Gasteiger partial charge in [-0.05, 0) is 31.0 Å². The van der Waals surface area contributed by atoms with Gasteiger partial charge in [0.15, 0.2) is 8.32 Å². The van der Waals surface area contributed by atoms with Gasteiger partial charge in [-0.25, -0.2) is 0 Å². The Hall–Kier alpha value is 0.177. The lowest BCUT2D eigenvalue weighted by Crippen LogP contribution is -2.43. The van der Waals surface area contributed by atoms with Crippen LogP contribution in [-0.4, -0.2) is 14.4 Å². The third kappa shape index (κ3) is 6.61. The van der Waals surface area contributed by atoms with Crippen molar-refractivity contribution in [1.29, 1.82) is 0 Å². The first-order valence-electron chi connectivity index (χ1n) is 7.21. The third-order valence-electron chi connectivity index (χ3n) is 4.00. The molecular weight excluding hydrogens is 224 g/mol. The van der Waals surface area contributed by atoms with E-state index in [-0.39, 0.29) is 0 Å². The summed E-state index contributed by atoms with van der Waals surface area (Å²) < 4.78 is 6.46. The first-order valence-corrected chi connectivity index (χ1v) is 10.1. The van der Waals surface area contributed by atoms with Crippen molar-refractivity contribution in [3.63, 3.8) is 0 Å². The zero-order valence-electron chi connectivity index (χ0n) is 12.9. The van der Waals surface area contributed by atoms with E-state index in [0.717, 1.165) is 12.8 Å². The SMILES string of the molecule is [CH2]CCCCCC(CC)O[Si](C)(C)C(C)(C)C. The van der Waals surface area contributed by atoms with Crippen LogP contribution < -0.4 is 0 Å². The van der Waals surface area contributed by atoms with Gasteiger partial charge in [0.25, 0.3) is 0 Å². The molecule has 0 aliphatic heterocycles. The maximum atomic E-state index is 6.46. The lowest BCUT2D eigenvalue weighted by Gasteiger charge is -2.39. The van der Waals surface area contributed by atoms with E-state index in [9.17, 15) is 0 Å². The molecule has 0 aromatic carbocycles. The van der Waals surface area contributed by atoms with Gasteiger partial charge in [0.2, 0.25) is 0 Å². The summed E-state index contributed by atoms with van der Waals surface area (Å²) in [7, 11) is -1.57. The zero-order chi connectivity index (χ0) is 13.5. The van der Waals surface area contributed by atoms with Crippen LogP contribution in [0.5, 0.6) is 0 Å². The summed E-state index contributed by atoms with van der Waals surface area (Å²) in [4.78, 5) is 0. The highest BCUT2D eigenvalue weighted by molar-refractivity contribution is 6.74. The van der Waals surface area contributed by atoms with Gasteiger partial charge in [-0.2, -0.15) is 0 Å². The van der Waals surface area contributed by atoms with Crippen LogP contribution in [0.4, 0.5) is 0 Å². The summed E-state index contributed by atoms with van der Waals surface area (Å²) in [6, 6.07) is 0. The molecule has 0 heterocycles. The van der Waals surface area contributed by atoms with Crippen molar-refractivity contribution in [3.8, 4) is 0 Å². The summed E-state index contributed by atoms with van der Waals surface area (Å²) in [5.41, 5.74) is 0. The van der Waals surface area contributed by atoms with Gasteiger partial charge in [0.1, 0.15) is 0 Å². The van der Waals surface area contributed by atoms with E-state index in [4.69, 9.17) is 4.43 Å². The molecule has 1 atom stereocenters. The maximum Gasteiger partial charge on any atom is 0.192 e. The minimum absolute atomic E-state index is 0.327. The number of hydrogen-bond acceptors (Lipinski definition) is 1. The van der Waals surface area contributed by atoms with Gasteiger partial charge in [0, 0.05) is 6.10 Å². The van der Waals surface area contributed by atoms with Crippen LogP contribution in [0, 0.1) is 6.92 Å². The fourth-order valence-electron chi connectivity index (χ4n) is 1.67. The van der Waals surface area contributed by atoms with E-state index in [1.165, 1.54) is 25.7 Å². The van der Waals surface area contributed by atoms with E-state index in [1.54, 1.807) is 0 Å². The minimum atomic E-state index is -1.57. The molecule has 1 unspecified atom stereocenters. The predicted molar refractivity (Wildman–Crippen MR) is 80.8 cm³/mol. The molecule has 0 amide bonds. The molecule has 0 aliphatic rings. The molecule has 17 heavy (non-hydrogen) atoms. The average Bonchev–Trinajstić information content (AvgIpc) is 2.20. The Labute approximate surface area is 110 Å². The largest absolute Gasteiger partial charge is 0.414 e. The molecule has 1 nitrogen and oxygen atoms in total. The third-order valence-corrected chi connectivity index (χ3v) is 8.53. The van der Waals surface area contributed by atoms with Crippen molar-refractivity contribution >= 4 is 8.32 Å². The van der Waals surface area contributed by atoms with E-state index >= 15 is 0 Å². The standard InChI is InChI=1S/C15H33OSi/c1-8-10-11-12-13-14(9-2)16-17(6,7)15(3,4)5/h14H,1,8-13H2,2-7H3. The average molecular weight is 258 g/mol. The number of unbranched alkanes of at least 4 members (excludes halogenated alkanes) is 3. The molecule has 0 saturated carbocycles. The molecule has 103 valence electrons. The van der Waals surface area contributed by atoms with Crippen LogP contribution in [0.25, 0.3) is 0 Å². The van der Waals surface area contributed by atoms with Crippen LogP contribution in [0.1, 0.15) is 66.2 Å². The normalized spacial score (nSPS) is 15.0. The Bertz CT molecular complexity index is 194. The summed E-state index contributed by atoms with van der Waals surface area (Å²) in [5, 5.41) is 0.327. The number of hydrogen-bond donors (Lipinski definition) is 0. The van der Waals surface area contributed by atoms with Crippen molar-refractivity contribution in [2.45, 2.75) is 90.5 Å². The molecular formula is C15H33OSi. The molecule has 0 bridgehead atoms. The molecule has 0 saturated heterocycles. The lowest BCUT2D eigenvalue weighted by atomic mass is 10.1. The lowest BCUT2D eigenvalue weighted by molar-refractivity contribution is 0.163. The zero-order valence-corrected chi connectivity index (χ0v) is 13.9. The highest BCUT2D eigenvalue weighted by Gasteiger charge is 2.38. The van der Waals surface area contributed by atoms with Crippen molar-refractivity contribution in [1.82, 2.24) is 0 Å². The van der Waals surface area contributed by atoms with Gasteiger partial charge in [-0.3, -0.25) is 0 Å². The Morgan fingerprint density at radius 3 is 2.12 bits per heavy atom. The summed E-state index contributed by atoms with van der Waals surface area (Å²) in [6.07, 6.45) is 7.78. The van der Waals surface area contributed by atoms with Crippen molar-refractivity contribution in [3.05, 3.63) is 6.92 Å². The van der Waals surface area contributed by atoms with Crippen molar-refractivity contribution in [2.24, 2.45) is 0 Å². The topological polar surface area (TPSA) is 9.23 Å². The van der Waals surface area contributed by atoms with Gasteiger partial charge >= 0.3 is 0 Å². The molecule has 0 aromatic heterocycles. The molecule has 1 radical (unpaired) electrons. The summed E-state index contributed by atoms with van der Waals surface area (Å²) in [5.74, 6) is 0. The van der Waals surface area contributed by atoms with E-state index in [0.29, 0.717) is 11.1 Å². The maximum absolute atomic E-state index is 6.46. The highest BCUT2D eigenvalue weighted by Crippen LogP contribution is 2.38. The molecule has 0 aliphatic carbocycles. The fourth-order valence-corrected chi connectivity index (χ4v) is 3.14. The monoisotopic (exact) mass is 257 g/mol. The Morgan fingerprint density at radius 2 is 1.71 bits per heavy atom. The van der Waals surface area contributed by atoms with Crippen molar-refractivity contribution in [2.75, 3.05) is 0 Å². The highest BCUT2D eigenvalue weighted by atomic mass is 28.4. The minimum Gasteiger partial charge on any atom is -0.414 e. The number of rotatable bonds is 8. The van der Waals surface area contributed by atoms with Gasteiger partial charge in [-0.15, -0.1) is 0 Å². The van der Waals surface area contributed by atoms with Gasteiger partial charge in [0.05, 0.1) is 0 Å². The Morgan fingerprint density at radius 1 is 1.12 bits per heavy atom. The van der Waals surface area contributed by atoms with Crippen molar-refractivity contribution < 1.29 is 4.43 Å². The molecule has 0 spiro atoms. The second-order valence-electron chi connectivity index (χ2n) is 6.61. The molecule has 0 N–H and O–H groups in total. The molecule has 0 fully saturated rings. The van der Waals surface area contributed by atoms with Crippen LogP contribution in [0.15, 0.2) is 0 Å². The van der Waals surface area contributed by atoms with Crippen LogP contribution >= 0.6 is 0 Å². The van der Waals surface area contributed by atoms with Gasteiger partial charge < -0.3 is 4.43 Å². The molecule has 0 aromatic rings. The first-order chi connectivity index (χ1) is 7.74.